The van der Waals surface area contributed by atoms with Gasteiger partial charge in [-0.15, -0.1) is 0 Å². The summed E-state index contributed by atoms with van der Waals surface area (Å²) in [5, 5.41) is 2.49. The molecule has 0 atom stereocenters. The van der Waals surface area contributed by atoms with E-state index in [0.717, 1.165) is 17.7 Å². The number of carbonyl (C=O) groups excluding carboxylic acids is 2. The molecular formula is C17H14ClF2NO3. The molecule has 1 N–H and O–H groups in total. The summed E-state index contributed by atoms with van der Waals surface area (Å²) in [7, 11) is 0. The van der Waals surface area contributed by atoms with Crippen LogP contribution in [-0.2, 0) is 16.0 Å². The minimum absolute atomic E-state index is 0.0165. The van der Waals surface area contributed by atoms with Crippen molar-refractivity contribution in [3.8, 4) is 0 Å². The summed E-state index contributed by atoms with van der Waals surface area (Å²) in [5.74, 6) is -2.19. The lowest BCUT2D eigenvalue weighted by molar-refractivity contribution is -0.124. The second kappa shape index (κ2) is 8.40. The van der Waals surface area contributed by atoms with Crippen molar-refractivity contribution >= 4 is 23.5 Å². The molecule has 2 aromatic rings. The van der Waals surface area contributed by atoms with Crippen LogP contribution in [0.3, 0.4) is 0 Å². The van der Waals surface area contributed by atoms with Crippen LogP contribution in [0.5, 0.6) is 0 Å². The molecule has 0 aliphatic carbocycles. The predicted octanol–water partition coefficient (Wildman–Crippen LogP) is 3.13. The first-order valence-corrected chi connectivity index (χ1v) is 7.47. The fourth-order valence-electron chi connectivity index (χ4n) is 1.91. The van der Waals surface area contributed by atoms with Crippen LogP contribution in [0.15, 0.2) is 42.5 Å². The maximum Gasteiger partial charge on any atom is 0.340 e. The molecule has 2 rings (SSSR count). The zero-order valence-electron chi connectivity index (χ0n) is 12.5. The summed E-state index contributed by atoms with van der Waals surface area (Å²) in [6.07, 6.45) is 0.518. The third-order valence-electron chi connectivity index (χ3n) is 3.13. The molecule has 0 fully saturated rings. The molecule has 0 saturated carbocycles. The van der Waals surface area contributed by atoms with Crippen molar-refractivity contribution < 1.29 is 23.1 Å². The standard InChI is InChI=1S/C17H14ClF2NO3/c18-15-9-13(20)5-6-14(15)17(23)24-10-16(22)21-8-7-11-1-3-12(19)4-2-11/h1-6,9H,7-8,10H2,(H,21,22). The Morgan fingerprint density at radius 3 is 2.38 bits per heavy atom. The number of rotatable bonds is 6. The first kappa shape index (κ1) is 17.9. The summed E-state index contributed by atoms with van der Waals surface area (Å²) >= 11 is 5.73. The number of esters is 1. The molecule has 0 spiro atoms. The smallest absolute Gasteiger partial charge is 0.340 e. The molecule has 0 saturated heterocycles. The van der Waals surface area contributed by atoms with Crippen molar-refractivity contribution in [2.24, 2.45) is 0 Å². The Kier molecular flexibility index (Phi) is 6.26. The van der Waals surface area contributed by atoms with Crippen molar-refractivity contribution in [3.05, 3.63) is 70.2 Å². The van der Waals surface area contributed by atoms with Gasteiger partial charge in [0.2, 0.25) is 0 Å². The van der Waals surface area contributed by atoms with E-state index >= 15 is 0 Å². The Bertz CT molecular complexity index is 735. The monoisotopic (exact) mass is 353 g/mol. The SMILES string of the molecule is O=C(COC(=O)c1ccc(F)cc1Cl)NCCc1ccc(F)cc1. The van der Waals surface area contributed by atoms with E-state index in [2.05, 4.69) is 5.32 Å². The molecule has 0 aliphatic rings. The molecular weight excluding hydrogens is 340 g/mol. The third-order valence-corrected chi connectivity index (χ3v) is 3.45. The van der Waals surface area contributed by atoms with E-state index in [1.807, 2.05) is 0 Å². The van der Waals surface area contributed by atoms with Gasteiger partial charge in [0.25, 0.3) is 5.91 Å². The van der Waals surface area contributed by atoms with E-state index in [1.165, 1.54) is 18.2 Å². The number of hydrogen-bond acceptors (Lipinski definition) is 3. The van der Waals surface area contributed by atoms with E-state index in [0.29, 0.717) is 13.0 Å². The number of nitrogens with one attached hydrogen (secondary N) is 1. The van der Waals surface area contributed by atoms with Crippen LogP contribution < -0.4 is 5.32 Å². The zero-order chi connectivity index (χ0) is 17.5. The highest BCUT2D eigenvalue weighted by Gasteiger charge is 2.14. The Morgan fingerprint density at radius 1 is 1.04 bits per heavy atom. The topological polar surface area (TPSA) is 55.4 Å². The van der Waals surface area contributed by atoms with Crippen molar-refractivity contribution in [2.75, 3.05) is 13.2 Å². The second-order valence-corrected chi connectivity index (χ2v) is 5.33. The van der Waals surface area contributed by atoms with Crippen LogP contribution in [0.4, 0.5) is 8.78 Å². The quantitative estimate of drug-likeness (QED) is 0.812. The van der Waals surface area contributed by atoms with Crippen molar-refractivity contribution in [2.45, 2.75) is 6.42 Å². The molecule has 0 bridgehead atoms. The van der Waals surface area contributed by atoms with Crippen molar-refractivity contribution in [1.29, 1.82) is 0 Å². The number of amides is 1. The molecule has 0 unspecified atom stereocenters. The number of ether oxygens (including phenoxy) is 1. The lowest BCUT2D eigenvalue weighted by Gasteiger charge is -2.07. The van der Waals surface area contributed by atoms with Crippen LogP contribution in [0.1, 0.15) is 15.9 Å². The lowest BCUT2D eigenvalue weighted by Crippen LogP contribution is -2.30. The number of hydrogen-bond donors (Lipinski definition) is 1. The first-order chi connectivity index (χ1) is 11.5. The van der Waals surface area contributed by atoms with Gasteiger partial charge < -0.3 is 10.1 Å². The summed E-state index contributed by atoms with van der Waals surface area (Å²) in [6.45, 7) is -0.157. The maximum atomic E-state index is 12.9. The Hall–Kier alpha value is -2.47. The second-order valence-electron chi connectivity index (χ2n) is 4.93. The average molecular weight is 354 g/mol. The summed E-state index contributed by atoms with van der Waals surface area (Å²) < 4.78 is 30.5. The zero-order valence-corrected chi connectivity index (χ0v) is 13.3. The summed E-state index contributed by atoms with van der Waals surface area (Å²) in [4.78, 5) is 23.4. The van der Waals surface area contributed by atoms with Gasteiger partial charge in [0.15, 0.2) is 6.61 Å². The Labute approximate surface area is 142 Å². The van der Waals surface area contributed by atoms with E-state index in [1.54, 1.807) is 12.1 Å². The molecule has 4 nitrogen and oxygen atoms in total. The van der Waals surface area contributed by atoms with E-state index in [-0.39, 0.29) is 16.4 Å². The molecule has 0 aliphatic heterocycles. The van der Waals surface area contributed by atoms with Gasteiger partial charge in [0.1, 0.15) is 11.6 Å². The van der Waals surface area contributed by atoms with Crippen LogP contribution in [0.25, 0.3) is 0 Å². The van der Waals surface area contributed by atoms with Gasteiger partial charge in [-0.1, -0.05) is 23.7 Å². The van der Waals surface area contributed by atoms with E-state index < -0.39 is 24.3 Å². The van der Waals surface area contributed by atoms with E-state index in [9.17, 15) is 18.4 Å². The van der Waals surface area contributed by atoms with Gasteiger partial charge >= 0.3 is 5.97 Å². The molecule has 126 valence electrons. The Morgan fingerprint density at radius 2 is 1.71 bits per heavy atom. The first-order valence-electron chi connectivity index (χ1n) is 7.09. The largest absolute Gasteiger partial charge is 0.452 e. The van der Waals surface area contributed by atoms with E-state index in [4.69, 9.17) is 16.3 Å². The molecule has 0 radical (unpaired) electrons. The third kappa shape index (κ3) is 5.31. The normalized spacial score (nSPS) is 10.3. The fourth-order valence-corrected chi connectivity index (χ4v) is 2.16. The molecule has 1 amide bonds. The molecule has 2 aromatic carbocycles. The average Bonchev–Trinajstić information content (AvgIpc) is 2.54. The lowest BCUT2D eigenvalue weighted by atomic mass is 10.1. The van der Waals surface area contributed by atoms with Crippen LogP contribution in [0.2, 0.25) is 5.02 Å². The van der Waals surface area contributed by atoms with Gasteiger partial charge in [-0.25, -0.2) is 13.6 Å². The predicted molar refractivity (Wildman–Crippen MR) is 84.8 cm³/mol. The summed E-state index contributed by atoms with van der Waals surface area (Å²) in [6, 6.07) is 9.17. The molecule has 24 heavy (non-hydrogen) atoms. The van der Waals surface area contributed by atoms with Crippen LogP contribution in [-0.4, -0.2) is 25.0 Å². The maximum absolute atomic E-state index is 12.9. The summed E-state index contributed by atoms with van der Waals surface area (Å²) in [5.41, 5.74) is 0.851. The highest BCUT2D eigenvalue weighted by Crippen LogP contribution is 2.18. The van der Waals surface area contributed by atoms with Gasteiger partial charge in [0, 0.05) is 6.54 Å². The van der Waals surface area contributed by atoms with Gasteiger partial charge in [-0.05, 0) is 42.3 Å². The molecule has 0 aromatic heterocycles. The van der Waals surface area contributed by atoms with Crippen molar-refractivity contribution in [3.63, 3.8) is 0 Å². The van der Waals surface area contributed by atoms with Crippen LogP contribution in [0, 0.1) is 11.6 Å². The van der Waals surface area contributed by atoms with Crippen molar-refractivity contribution in [1.82, 2.24) is 5.32 Å². The van der Waals surface area contributed by atoms with Gasteiger partial charge in [-0.2, -0.15) is 0 Å². The molecule has 0 heterocycles. The molecule has 7 heteroatoms. The fraction of sp³-hybridized carbons (Fsp3) is 0.176. The van der Waals surface area contributed by atoms with Gasteiger partial charge in [0.05, 0.1) is 10.6 Å². The van der Waals surface area contributed by atoms with Gasteiger partial charge in [-0.3, -0.25) is 4.79 Å². The van der Waals surface area contributed by atoms with Crippen LogP contribution >= 0.6 is 11.6 Å². The number of halogens is 3. The minimum atomic E-state index is -0.811. The Balaban J connectivity index is 1.74. The highest BCUT2D eigenvalue weighted by atomic mass is 35.5. The minimum Gasteiger partial charge on any atom is -0.452 e. The number of carbonyl (C=O) groups is 2. The number of benzene rings is 2. The highest BCUT2D eigenvalue weighted by molar-refractivity contribution is 6.33.